The van der Waals surface area contributed by atoms with Gasteiger partial charge in [0.15, 0.2) is 0 Å². The Labute approximate surface area is 203 Å². The van der Waals surface area contributed by atoms with Crippen LogP contribution in [0.3, 0.4) is 0 Å². The van der Waals surface area contributed by atoms with Gasteiger partial charge in [-0.3, -0.25) is 9.10 Å². The van der Waals surface area contributed by atoms with Gasteiger partial charge in [-0.05, 0) is 53.6 Å². The van der Waals surface area contributed by atoms with Crippen molar-refractivity contribution in [3.05, 3.63) is 96.1 Å². The Hall–Kier alpha value is -3.12. The number of rotatable bonds is 10. The molecule has 34 heavy (non-hydrogen) atoms. The summed E-state index contributed by atoms with van der Waals surface area (Å²) < 4.78 is 28.3. The molecule has 1 amide bonds. The van der Waals surface area contributed by atoms with Crippen molar-refractivity contribution >= 4 is 21.6 Å². The van der Waals surface area contributed by atoms with Crippen LogP contribution in [-0.4, -0.2) is 20.9 Å². The Balaban J connectivity index is 1.92. The highest BCUT2D eigenvalue weighted by Gasteiger charge is 2.28. The third-order valence-electron chi connectivity index (χ3n) is 5.71. The van der Waals surface area contributed by atoms with Gasteiger partial charge in [-0.1, -0.05) is 88.4 Å². The van der Waals surface area contributed by atoms with Crippen LogP contribution in [0.15, 0.2) is 89.8 Å². The monoisotopic (exact) mass is 478 g/mol. The normalized spacial score (nSPS) is 12.5. The molecule has 0 aliphatic carbocycles. The van der Waals surface area contributed by atoms with E-state index in [4.69, 9.17) is 0 Å². The van der Waals surface area contributed by atoms with E-state index in [-0.39, 0.29) is 23.4 Å². The SMILES string of the molecule is CC(C)C[C@H](NC(=O)CN(c1ccc(C(C)C)cc1)S(=O)(=O)c1ccccc1)c1ccccc1. The van der Waals surface area contributed by atoms with Gasteiger partial charge in [-0.2, -0.15) is 0 Å². The summed E-state index contributed by atoms with van der Waals surface area (Å²) in [5.41, 5.74) is 2.57. The number of nitrogens with one attached hydrogen (secondary N) is 1. The number of carbonyl (C=O) groups excluding carboxylic acids is 1. The van der Waals surface area contributed by atoms with E-state index in [1.807, 2.05) is 42.5 Å². The van der Waals surface area contributed by atoms with Gasteiger partial charge in [0.1, 0.15) is 6.54 Å². The van der Waals surface area contributed by atoms with Crippen LogP contribution < -0.4 is 9.62 Å². The molecule has 0 aromatic heterocycles. The second kappa shape index (κ2) is 11.3. The zero-order chi connectivity index (χ0) is 24.7. The molecule has 0 saturated carbocycles. The average Bonchev–Trinajstić information content (AvgIpc) is 2.83. The van der Waals surface area contributed by atoms with Crippen LogP contribution in [0.2, 0.25) is 0 Å². The lowest BCUT2D eigenvalue weighted by Gasteiger charge is -2.27. The maximum Gasteiger partial charge on any atom is 0.264 e. The maximum absolute atomic E-state index is 13.6. The minimum Gasteiger partial charge on any atom is -0.348 e. The summed E-state index contributed by atoms with van der Waals surface area (Å²) in [7, 11) is -3.93. The molecule has 3 aromatic carbocycles. The fraction of sp³-hybridized carbons (Fsp3) is 0.321. The highest BCUT2D eigenvalue weighted by Crippen LogP contribution is 2.26. The first-order valence-electron chi connectivity index (χ1n) is 11.7. The fourth-order valence-corrected chi connectivity index (χ4v) is 5.31. The van der Waals surface area contributed by atoms with Crippen LogP contribution in [0.4, 0.5) is 5.69 Å². The highest BCUT2D eigenvalue weighted by atomic mass is 32.2. The van der Waals surface area contributed by atoms with Gasteiger partial charge < -0.3 is 5.32 Å². The number of anilines is 1. The fourth-order valence-electron chi connectivity index (χ4n) is 3.87. The van der Waals surface area contributed by atoms with E-state index >= 15 is 0 Å². The molecule has 0 bridgehead atoms. The highest BCUT2D eigenvalue weighted by molar-refractivity contribution is 7.92. The van der Waals surface area contributed by atoms with Gasteiger partial charge in [-0.15, -0.1) is 0 Å². The molecule has 0 spiro atoms. The van der Waals surface area contributed by atoms with E-state index in [0.717, 1.165) is 17.5 Å². The van der Waals surface area contributed by atoms with Crippen LogP contribution in [0.25, 0.3) is 0 Å². The van der Waals surface area contributed by atoms with Gasteiger partial charge in [0, 0.05) is 0 Å². The number of hydrogen-bond donors (Lipinski definition) is 1. The number of sulfonamides is 1. The van der Waals surface area contributed by atoms with Crippen LogP contribution in [0.5, 0.6) is 0 Å². The Bertz CT molecular complexity index is 1160. The number of nitrogens with zero attached hydrogens (tertiary/aromatic N) is 1. The van der Waals surface area contributed by atoms with E-state index in [1.165, 1.54) is 4.31 Å². The van der Waals surface area contributed by atoms with Gasteiger partial charge in [0.05, 0.1) is 16.6 Å². The minimum atomic E-state index is -3.93. The van der Waals surface area contributed by atoms with Crippen LogP contribution in [0, 0.1) is 5.92 Å². The molecule has 5 nitrogen and oxygen atoms in total. The Morgan fingerprint density at radius 3 is 1.88 bits per heavy atom. The van der Waals surface area contributed by atoms with Crippen LogP contribution in [-0.2, 0) is 14.8 Å². The second-order valence-corrected chi connectivity index (χ2v) is 11.1. The van der Waals surface area contributed by atoms with Crippen molar-refractivity contribution in [3.63, 3.8) is 0 Å². The molecule has 0 heterocycles. The summed E-state index contributed by atoms with van der Waals surface area (Å²) in [6.07, 6.45) is 0.754. The van der Waals surface area contributed by atoms with E-state index < -0.39 is 10.0 Å². The molecule has 6 heteroatoms. The molecule has 3 aromatic rings. The summed E-state index contributed by atoms with van der Waals surface area (Å²) in [5, 5.41) is 3.07. The summed E-state index contributed by atoms with van der Waals surface area (Å²) in [6, 6.07) is 25.2. The molecule has 0 saturated heterocycles. The molecule has 0 aliphatic rings. The zero-order valence-corrected chi connectivity index (χ0v) is 21.1. The van der Waals surface area contributed by atoms with E-state index in [0.29, 0.717) is 17.5 Å². The lowest BCUT2D eigenvalue weighted by atomic mass is 9.97. The number of benzene rings is 3. The zero-order valence-electron chi connectivity index (χ0n) is 20.3. The summed E-state index contributed by atoms with van der Waals surface area (Å²) in [6.45, 7) is 8.06. The van der Waals surface area contributed by atoms with Crippen molar-refractivity contribution in [2.45, 2.75) is 51.0 Å². The predicted molar refractivity (Wildman–Crippen MR) is 138 cm³/mol. The molecule has 0 aliphatic heterocycles. The quantitative estimate of drug-likeness (QED) is 0.394. The molecular formula is C28H34N2O3S. The molecule has 3 rings (SSSR count). The maximum atomic E-state index is 13.6. The predicted octanol–water partition coefficient (Wildman–Crippen LogP) is 5.91. The van der Waals surface area contributed by atoms with E-state index in [9.17, 15) is 13.2 Å². The lowest BCUT2D eigenvalue weighted by molar-refractivity contribution is -0.120. The van der Waals surface area contributed by atoms with Crippen molar-refractivity contribution in [3.8, 4) is 0 Å². The largest absolute Gasteiger partial charge is 0.348 e. The Morgan fingerprint density at radius 2 is 1.35 bits per heavy atom. The van der Waals surface area contributed by atoms with Crippen molar-refractivity contribution in [1.29, 1.82) is 0 Å². The van der Waals surface area contributed by atoms with Crippen LogP contribution >= 0.6 is 0 Å². The van der Waals surface area contributed by atoms with Gasteiger partial charge in [0.2, 0.25) is 5.91 Å². The van der Waals surface area contributed by atoms with Gasteiger partial charge >= 0.3 is 0 Å². The van der Waals surface area contributed by atoms with Gasteiger partial charge in [0.25, 0.3) is 10.0 Å². The minimum absolute atomic E-state index is 0.150. The smallest absolute Gasteiger partial charge is 0.264 e. The summed E-state index contributed by atoms with van der Waals surface area (Å²) in [5.74, 6) is 0.333. The third kappa shape index (κ3) is 6.48. The lowest BCUT2D eigenvalue weighted by Crippen LogP contribution is -2.42. The average molecular weight is 479 g/mol. The second-order valence-electron chi connectivity index (χ2n) is 9.23. The molecular weight excluding hydrogens is 444 g/mol. The topological polar surface area (TPSA) is 66.5 Å². The molecule has 0 radical (unpaired) electrons. The van der Waals surface area contributed by atoms with Crippen molar-refractivity contribution in [2.75, 3.05) is 10.8 Å². The third-order valence-corrected chi connectivity index (χ3v) is 7.50. The van der Waals surface area contributed by atoms with Crippen molar-refractivity contribution in [2.24, 2.45) is 5.92 Å². The van der Waals surface area contributed by atoms with Gasteiger partial charge in [-0.25, -0.2) is 8.42 Å². The number of amides is 1. The number of hydrogen-bond acceptors (Lipinski definition) is 3. The Kier molecular flexibility index (Phi) is 8.51. The molecule has 1 atom stereocenters. The first-order chi connectivity index (χ1) is 16.2. The molecule has 1 N–H and O–H groups in total. The van der Waals surface area contributed by atoms with Crippen molar-refractivity contribution in [1.82, 2.24) is 5.32 Å². The van der Waals surface area contributed by atoms with E-state index in [2.05, 4.69) is 33.0 Å². The van der Waals surface area contributed by atoms with Crippen molar-refractivity contribution < 1.29 is 13.2 Å². The first-order valence-corrected chi connectivity index (χ1v) is 13.1. The van der Waals surface area contributed by atoms with Crippen LogP contribution in [0.1, 0.15) is 57.2 Å². The standard InChI is InChI=1S/C28H34N2O3S/c1-21(2)19-27(24-11-7-5-8-12-24)29-28(31)20-30(25-17-15-23(16-18-25)22(3)4)34(32,33)26-13-9-6-10-14-26/h5-18,21-22,27H,19-20H2,1-4H3,(H,29,31)/t27-/m0/s1. The Morgan fingerprint density at radius 1 is 0.794 bits per heavy atom. The summed E-state index contributed by atoms with van der Waals surface area (Å²) >= 11 is 0. The molecule has 0 unspecified atom stereocenters. The first kappa shape index (κ1) is 25.5. The number of carbonyl (C=O) groups is 1. The summed E-state index contributed by atoms with van der Waals surface area (Å²) in [4.78, 5) is 13.4. The molecule has 180 valence electrons. The van der Waals surface area contributed by atoms with E-state index in [1.54, 1.807) is 42.5 Å². The molecule has 0 fully saturated rings.